The van der Waals surface area contributed by atoms with Crippen LogP contribution in [-0.2, 0) is 19.2 Å². The Morgan fingerprint density at radius 2 is 1.67 bits per heavy atom. The summed E-state index contributed by atoms with van der Waals surface area (Å²) >= 11 is 0. The van der Waals surface area contributed by atoms with E-state index >= 15 is 0 Å². The molecule has 0 heterocycles. The van der Waals surface area contributed by atoms with Crippen LogP contribution in [0.3, 0.4) is 0 Å². The zero-order chi connectivity index (χ0) is 14.1. The molecular weight excluding hydrogens is 246 g/mol. The van der Waals surface area contributed by atoms with Gasteiger partial charge in [0.15, 0.2) is 0 Å². The molecule has 0 spiro atoms. The molecule has 0 aliphatic rings. The minimum absolute atomic E-state index is 0.0870. The Bertz CT molecular complexity index is 316. The summed E-state index contributed by atoms with van der Waals surface area (Å²) in [6.07, 6.45) is 0.451. The zero-order valence-corrected chi connectivity index (χ0v) is 9.54. The first-order valence-electron chi connectivity index (χ1n) is 4.98. The number of nitrogens with one attached hydrogen (secondary N) is 1. The summed E-state index contributed by atoms with van der Waals surface area (Å²) in [4.78, 5) is 43.4. The van der Waals surface area contributed by atoms with Crippen LogP contribution in [0.4, 0.5) is 0 Å². The molecule has 0 bridgehead atoms. The van der Waals surface area contributed by atoms with Crippen molar-refractivity contribution < 1.29 is 29.4 Å². The molecule has 0 radical (unpaired) electrons. The molecule has 0 fully saturated rings. The van der Waals surface area contributed by atoms with E-state index < -0.39 is 43.5 Å². The molecule has 1 unspecified atom stereocenters. The Balaban J connectivity index is 4.21. The van der Waals surface area contributed by atoms with Gasteiger partial charge in [-0.25, -0.2) is 0 Å². The van der Waals surface area contributed by atoms with Crippen LogP contribution >= 0.6 is 0 Å². The third-order valence-corrected chi connectivity index (χ3v) is 1.79. The number of hydrogen-bond donors (Lipinski definition) is 4. The second-order valence-corrected chi connectivity index (χ2v) is 3.54. The lowest BCUT2D eigenvalue weighted by atomic mass is 10.3. The van der Waals surface area contributed by atoms with Gasteiger partial charge in [0.2, 0.25) is 5.91 Å². The van der Waals surface area contributed by atoms with Gasteiger partial charge in [0.05, 0.1) is 25.7 Å². The molecule has 0 rings (SSSR count). The monoisotopic (exact) mass is 261 g/mol. The predicted octanol–water partition coefficient (Wildman–Crippen LogP) is -2.90. The summed E-state index contributed by atoms with van der Waals surface area (Å²) < 4.78 is 0. The van der Waals surface area contributed by atoms with Crippen molar-refractivity contribution in [2.75, 3.05) is 26.2 Å². The standard InChI is InChI=1S/C9H15N3O6/c10-6(5-13)1-11-7(14)2-12(3-8(15)16)4-9(17)18/h5-6H,1-4,10H2,(H,11,14)(H,15,16)(H,17,18). The van der Waals surface area contributed by atoms with Gasteiger partial charge in [0.25, 0.3) is 0 Å². The van der Waals surface area contributed by atoms with Crippen molar-refractivity contribution in [2.45, 2.75) is 6.04 Å². The summed E-state index contributed by atoms with van der Waals surface area (Å²) in [5.74, 6) is -3.09. The Kier molecular flexibility index (Phi) is 7.24. The summed E-state index contributed by atoms with van der Waals surface area (Å²) in [6, 6.07) is -0.846. The average Bonchev–Trinajstić information content (AvgIpc) is 2.23. The quantitative estimate of drug-likeness (QED) is 0.323. The number of hydrogen-bond acceptors (Lipinski definition) is 6. The van der Waals surface area contributed by atoms with Crippen molar-refractivity contribution in [3.05, 3.63) is 0 Å². The number of carboxylic acid groups (broad SMARTS) is 2. The molecule has 18 heavy (non-hydrogen) atoms. The topological polar surface area (TPSA) is 150 Å². The van der Waals surface area contributed by atoms with Gasteiger partial charge in [-0.2, -0.15) is 0 Å². The molecule has 1 amide bonds. The first-order chi connectivity index (χ1) is 8.35. The van der Waals surface area contributed by atoms with Crippen molar-refractivity contribution in [1.82, 2.24) is 10.2 Å². The van der Waals surface area contributed by atoms with Gasteiger partial charge in [-0.05, 0) is 0 Å². The molecule has 1 atom stereocenters. The van der Waals surface area contributed by atoms with Crippen molar-refractivity contribution in [2.24, 2.45) is 5.73 Å². The number of nitrogens with two attached hydrogens (primary N) is 1. The average molecular weight is 261 g/mol. The Hall–Kier alpha value is -2.00. The summed E-state index contributed by atoms with van der Waals surface area (Å²) in [7, 11) is 0. The molecule has 0 aliphatic carbocycles. The van der Waals surface area contributed by atoms with Crippen molar-refractivity contribution >= 4 is 24.1 Å². The highest BCUT2D eigenvalue weighted by molar-refractivity contribution is 5.80. The molecular formula is C9H15N3O6. The third kappa shape index (κ3) is 8.19. The normalized spacial score (nSPS) is 11.9. The molecule has 102 valence electrons. The van der Waals surface area contributed by atoms with E-state index in [4.69, 9.17) is 15.9 Å². The van der Waals surface area contributed by atoms with Crippen molar-refractivity contribution in [3.63, 3.8) is 0 Å². The maximum Gasteiger partial charge on any atom is 0.317 e. The zero-order valence-electron chi connectivity index (χ0n) is 9.54. The molecule has 0 aromatic carbocycles. The summed E-state index contributed by atoms with van der Waals surface area (Å²) in [5, 5.41) is 19.4. The van der Waals surface area contributed by atoms with Crippen LogP contribution in [-0.4, -0.2) is 71.5 Å². The van der Waals surface area contributed by atoms with E-state index in [2.05, 4.69) is 5.32 Å². The lowest BCUT2D eigenvalue weighted by Crippen LogP contribution is -2.45. The molecule has 9 heteroatoms. The fourth-order valence-corrected chi connectivity index (χ4v) is 1.09. The van der Waals surface area contributed by atoms with Gasteiger partial charge in [-0.1, -0.05) is 0 Å². The number of aliphatic carboxylic acids is 2. The van der Waals surface area contributed by atoms with E-state index in [1.807, 2.05) is 0 Å². The maximum atomic E-state index is 11.3. The van der Waals surface area contributed by atoms with Crippen LogP contribution in [0.5, 0.6) is 0 Å². The second-order valence-electron chi connectivity index (χ2n) is 3.54. The van der Waals surface area contributed by atoms with Crippen LogP contribution < -0.4 is 11.1 Å². The lowest BCUT2D eigenvalue weighted by molar-refractivity contribution is -0.142. The van der Waals surface area contributed by atoms with E-state index in [0.717, 1.165) is 4.90 Å². The van der Waals surface area contributed by atoms with Gasteiger partial charge in [0.1, 0.15) is 6.29 Å². The molecule has 0 saturated heterocycles. The Morgan fingerprint density at radius 1 is 1.17 bits per heavy atom. The Labute approximate surface area is 103 Å². The van der Waals surface area contributed by atoms with E-state index in [9.17, 15) is 19.2 Å². The van der Waals surface area contributed by atoms with Gasteiger partial charge in [0, 0.05) is 6.54 Å². The molecule has 5 N–H and O–H groups in total. The smallest absolute Gasteiger partial charge is 0.317 e. The van der Waals surface area contributed by atoms with Gasteiger partial charge < -0.3 is 26.1 Å². The van der Waals surface area contributed by atoms with Crippen LogP contribution in [0.15, 0.2) is 0 Å². The number of carbonyl (C=O) groups excluding carboxylic acids is 2. The molecule has 0 aromatic rings. The largest absolute Gasteiger partial charge is 0.480 e. The molecule has 0 aliphatic heterocycles. The van der Waals surface area contributed by atoms with Gasteiger partial charge >= 0.3 is 11.9 Å². The Morgan fingerprint density at radius 3 is 2.06 bits per heavy atom. The summed E-state index contributed by atoms with van der Waals surface area (Å²) in [5.41, 5.74) is 5.23. The highest BCUT2D eigenvalue weighted by Crippen LogP contribution is 1.88. The van der Waals surface area contributed by atoms with Crippen molar-refractivity contribution in [3.8, 4) is 0 Å². The molecule has 0 saturated carbocycles. The number of rotatable bonds is 9. The van der Waals surface area contributed by atoms with Gasteiger partial charge in [-0.3, -0.25) is 19.3 Å². The van der Waals surface area contributed by atoms with E-state index in [0.29, 0.717) is 6.29 Å². The van der Waals surface area contributed by atoms with Gasteiger partial charge in [-0.15, -0.1) is 0 Å². The van der Waals surface area contributed by atoms with Crippen LogP contribution in [0.1, 0.15) is 0 Å². The number of carboxylic acids is 2. The van der Waals surface area contributed by atoms with E-state index in [1.165, 1.54) is 0 Å². The number of nitrogens with zero attached hydrogens (tertiary/aromatic N) is 1. The fraction of sp³-hybridized carbons (Fsp3) is 0.556. The highest BCUT2D eigenvalue weighted by Gasteiger charge is 2.17. The number of amides is 1. The number of carbonyl (C=O) groups is 4. The van der Waals surface area contributed by atoms with E-state index in [1.54, 1.807) is 0 Å². The van der Waals surface area contributed by atoms with Crippen LogP contribution in [0.25, 0.3) is 0 Å². The molecule has 0 aromatic heterocycles. The number of aldehydes is 1. The SMILES string of the molecule is NC(C=O)CNC(=O)CN(CC(=O)O)CC(=O)O. The molecule has 9 nitrogen and oxygen atoms in total. The fourth-order valence-electron chi connectivity index (χ4n) is 1.09. The van der Waals surface area contributed by atoms with Crippen LogP contribution in [0.2, 0.25) is 0 Å². The predicted molar refractivity (Wildman–Crippen MR) is 58.8 cm³/mol. The maximum absolute atomic E-state index is 11.3. The minimum atomic E-state index is -1.24. The first kappa shape index (κ1) is 16.0. The van der Waals surface area contributed by atoms with E-state index in [-0.39, 0.29) is 6.54 Å². The lowest BCUT2D eigenvalue weighted by Gasteiger charge is -2.17. The minimum Gasteiger partial charge on any atom is -0.480 e. The van der Waals surface area contributed by atoms with Crippen molar-refractivity contribution in [1.29, 1.82) is 0 Å². The first-order valence-corrected chi connectivity index (χ1v) is 4.98. The third-order valence-electron chi connectivity index (χ3n) is 1.79. The second kappa shape index (κ2) is 8.14. The summed E-state index contributed by atoms with van der Waals surface area (Å²) in [6.45, 7) is -1.63. The van der Waals surface area contributed by atoms with Crippen LogP contribution in [0, 0.1) is 0 Å². The highest BCUT2D eigenvalue weighted by atomic mass is 16.4.